The fourth-order valence-electron chi connectivity index (χ4n) is 5.81. The molecular formula is C29H32FN3O6. The molecule has 0 radical (unpaired) electrons. The molecule has 3 aliphatic rings. The van der Waals surface area contributed by atoms with Crippen LogP contribution in [0.2, 0.25) is 0 Å². The molecule has 39 heavy (non-hydrogen) atoms. The molecule has 1 saturated carbocycles. The van der Waals surface area contributed by atoms with E-state index in [1.54, 1.807) is 51.1 Å². The number of piperidine rings is 1. The van der Waals surface area contributed by atoms with Crippen molar-refractivity contribution < 1.29 is 33.0 Å². The molecule has 2 fully saturated rings. The molecule has 1 saturated heterocycles. The van der Waals surface area contributed by atoms with Gasteiger partial charge in [-0.3, -0.25) is 19.3 Å². The molecule has 0 spiro atoms. The van der Waals surface area contributed by atoms with Crippen molar-refractivity contribution in [1.29, 1.82) is 0 Å². The van der Waals surface area contributed by atoms with Crippen LogP contribution in [0.3, 0.4) is 0 Å². The highest BCUT2D eigenvalue weighted by molar-refractivity contribution is 5.92. The van der Waals surface area contributed by atoms with E-state index in [-0.39, 0.29) is 36.3 Å². The van der Waals surface area contributed by atoms with Crippen LogP contribution in [0.25, 0.3) is 11.1 Å². The lowest BCUT2D eigenvalue weighted by atomic mass is 9.96. The third kappa shape index (κ3) is 5.46. The summed E-state index contributed by atoms with van der Waals surface area (Å²) in [6.45, 7) is 5.28. The van der Waals surface area contributed by atoms with Crippen molar-refractivity contribution in [2.45, 2.75) is 76.6 Å². The van der Waals surface area contributed by atoms with Crippen LogP contribution in [0.15, 0.2) is 36.4 Å². The Morgan fingerprint density at radius 2 is 1.87 bits per heavy atom. The number of fused-ring (bicyclic) bond motifs is 3. The number of nitrogens with two attached hydrogens (primary N) is 1. The number of ether oxygens (including phenoxy) is 2. The molecule has 9 nitrogen and oxygen atoms in total. The number of hydrogen-bond acceptors (Lipinski definition) is 6. The van der Waals surface area contributed by atoms with Crippen molar-refractivity contribution in [2.75, 3.05) is 0 Å². The van der Waals surface area contributed by atoms with E-state index in [0.717, 1.165) is 24.0 Å². The monoisotopic (exact) mass is 537 g/mol. The van der Waals surface area contributed by atoms with Gasteiger partial charge in [-0.1, -0.05) is 18.2 Å². The minimum absolute atomic E-state index is 0.0416. The maximum absolute atomic E-state index is 15.2. The lowest BCUT2D eigenvalue weighted by molar-refractivity contribution is -0.132. The summed E-state index contributed by atoms with van der Waals surface area (Å²) >= 11 is 0. The van der Waals surface area contributed by atoms with Crippen molar-refractivity contribution in [3.8, 4) is 16.9 Å². The SMILES string of the molecule is CC(C)(C)OC(=O)N1C2CCC(C2)C1C(=O)NC(Cc1ccc(-c2ccc3c(c2)CC(=O)O3)cc1F)C(N)=O. The molecule has 2 bridgehead atoms. The molecule has 2 aromatic rings. The summed E-state index contributed by atoms with van der Waals surface area (Å²) in [5.74, 6) is -1.73. The summed E-state index contributed by atoms with van der Waals surface area (Å²) in [6.07, 6.45) is 1.73. The quantitative estimate of drug-likeness (QED) is 0.430. The molecule has 2 aliphatic heterocycles. The van der Waals surface area contributed by atoms with E-state index in [1.165, 1.54) is 11.0 Å². The maximum atomic E-state index is 15.2. The van der Waals surface area contributed by atoms with E-state index < -0.39 is 41.4 Å². The van der Waals surface area contributed by atoms with Crippen LogP contribution in [-0.2, 0) is 32.0 Å². The highest BCUT2D eigenvalue weighted by atomic mass is 19.1. The first-order valence-corrected chi connectivity index (χ1v) is 13.1. The van der Waals surface area contributed by atoms with E-state index in [0.29, 0.717) is 17.7 Å². The van der Waals surface area contributed by atoms with Gasteiger partial charge >= 0.3 is 12.1 Å². The summed E-state index contributed by atoms with van der Waals surface area (Å²) in [6, 6.07) is 7.76. The number of nitrogens with one attached hydrogen (secondary N) is 1. The summed E-state index contributed by atoms with van der Waals surface area (Å²) < 4.78 is 25.8. The van der Waals surface area contributed by atoms with Gasteiger partial charge in [0.15, 0.2) is 0 Å². The molecule has 206 valence electrons. The van der Waals surface area contributed by atoms with Crippen LogP contribution in [0, 0.1) is 11.7 Å². The molecule has 2 heterocycles. The summed E-state index contributed by atoms with van der Waals surface area (Å²) in [7, 11) is 0. The Labute approximate surface area is 225 Å². The highest BCUT2D eigenvalue weighted by Gasteiger charge is 2.52. The highest BCUT2D eigenvalue weighted by Crippen LogP contribution is 2.43. The van der Waals surface area contributed by atoms with Gasteiger partial charge in [0, 0.05) is 18.0 Å². The van der Waals surface area contributed by atoms with E-state index in [4.69, 9.17) is 15.2 Å². The molecular weight excluding hydrogens is 505 g/mol. The predicted octanol–water partition coefficient (Wildman–Crippen LogP) is 3.25. The normalized spacial score (nSPS) is 22.3. The van der Waals surface area contributed by atoms with Crippen molar-refractivity contribution in [1.82, 2.24) is 10.2 Å². The number of esters is 1. The van der Waals surface area contributed by atoms with Gasteiger partial charge < -0.3 is 20.5 Å². The number of carbonyl (C=O) groups excluding carboxylic acids is 4. The van der Waals surface area contributed by atoms with Crippen LogP contribution < -0.4 is 15.8 Å². The van der Waals surface area contributed by atoms with Gasteiger partial charge in [0.25, 0.3) is 0 Å². The second kappa shape index (κ2) is 9.98. The van der Waals surface area contributed by atoms with E-state index in [2.05, 4.69) is 5.32 Å². The standard InChI is InChI=1S/C29H32FN3O6/c1-29(2,3)39-28(37)33-20-8-6-18(11-20)25(33)27(36)32-22(26(31)35)13-17-5-4-16(12-21(17)30)15-7-9-23-19(10-15)14-24(34)38-23/h4-5,7,9-10,12,18,20,22,25H,6,8,11,13-14H2,1-3H3,(H2,31,35)(H,32,36). The average molecular weight is 538 g/mol. The van der Waals surface area contributed by atoms with E-state index >= 15 is 4.39 Å². The summed E-state index contributed by atoms with van der Waals surface area (Å²) in [5.41, 5.74) is 7.13. The smallest absolute Gasteiger partial charge is 0.411 e. The number of benzene rings is 2. The Kier molecular flexibility index (Phi) is 6.82. The topological polar surface area (TPSA) is 128 Å². The molecule has 3 amide bonds. The van der Waals surface area contributed by atoms with Gasteiger partial charge in [0.05, 0.1) is 6.42 Å². The fraction of sp³-hybridized carbons (Fsp3) is 0.448. The van der Waals surface area contributed by atoms with Gasteiger partial charge in [-0.15, -0.1) is 0 Å². The minimum atomic E-state index is -1.17. The molecule has 4 atom stereocenters. The zero-order valence-corrected chi connectivity index (χ0v) is 22.2. The summed E-state index contributed by atoms with van der Waals surface area (Å²) in [4.78, 5) is 51.6. The third-order valence-electron chi connectivity index (χ3n) is 7.55. The third-order valence-corrected chi connectivity index (χ3v) is 7.55. The Bertz CT molecular complexity index is 1350. The Morgan fingerprint density at radius 1 is 1.15 bits per heavy atom. The molecule has 3 N–H and O–H groups in total. The second-order valence-electron chi connectivity index (χ2n) is 11.5. The first-order valence-electron chi connectivity index (χ1n) is 13.1. The molecule has 4 unspecified atom stereocenters. The van der Waals surface area contributed by atoms with Gasteiger partial charge in [-0.05, 0) is 80.8 Å². The number of likely N-dealkylation sites (tertiary alicyclic amines) is 1. The van der Waals surface area contributed by atoms with Crippen molar-refractivity contribution in [2.24, 2.45) is 11.7 Å². The summed E-state index contributed by atoms with van der Waals surface area (Å²) in [5, 5.41) is 2.67. The average Bonchev–Trinajstić information content (AvgIpc) is 3.56. The van der Waals surface area contributed by atoms with Gasteiger partial charge in [-0.25, -0.2) is 9.18 Å². The number of halogens is 1. The van der Waals surface area contributed by atoms with E-state index in [1.807, 2.05) is 0 Å². The predicted molar refractivity (Wildman–Crippen MR) is 139 cm³/mol. The number of hydrogen-bond donors (Lipinski definition) is 2. The first kappa shape index (κ1) is 26.6. The molecule has 1 aliphatic carbocycles. The number of rotatable bonds is 6. The lowest BCUT2D eigenvalue weighted by Gasteiger charge is -2.36. The first-order chi connectivity index (χ1) is 18.4. The molecule has 10 heteroatoms. The zero-order valence-electron chi connectivity index (χ0n) is 22.2. The van der Waals surface area contributed by atoms with Crippen LogP contribution in [0.5, 0.6) is 5.75 Å². The number of carbonyl (C=O) groups is 4. The molecule has 2 aromatic carbocycles. The van der Waals surface area contributed by atoms with Crippen LogP contribution in [0.4, 0.5) is 9.18 Å². The fourth-order valence-corrected chi connectivity index (χ4v) is 5.81. The minimum Gasteiger partial charge on any atom is -0.444 e. The lowest BCUT2D eigenvalue weighted by Crippen LogP contribution is -2.57. The van der Waals surface area contributed by atoms with Crippen LogP contribution >= 0.6 is 0 Å². The van der Waals surface area contributed by atoms with Crippen molar-refractivity contribution >= 4 is 23.9 Å². The molecule has 5 rings (SSSR count). The van der Waals surface area contributed by atoms with Crippen LogP contribution in [-0.4, -0.2) is 52.5 Å². The Balaban J connectivity index is 1.30. The zero-order chi connectivity index (χ0) is 28.1. The second-order valence-corrected chi connectivity index (χ2v) is 11.5. The maximum Gasteiger partial charge on any atom is 0.411 e. The van der Waals surface area contributed by atoms with Gasteiger partial charge in [-0.2, -0.15) is 0 Å². The van der Waals surface area contributed by atoms with Gasteiger partial charge in [0.2, 0.25) is 11.8 Å². The number of nitrogens with zero attached hydrogens (tertiary/aromatic N) is 1. The van der Waals surface area contributed by atoms with Gasteiger partial charge in [0.1, 0.15) is 29.3 Å². The van der Waals surface area contributed by atoms with Crippen molar-refractivity contribution in [3.63, 3.8) is 0 Å². The number of primary amides is 1. The molecule has 0 aromatic heterocycles. The number of amides is 3. The Hall–Kier alpha value is -3.95. The van der Waals surface area contributed by atoms with Crippen molar-refractivity contribution in [3.05, 3.63) is 53.3 Å². The van der Waals surface area contributed by atoms with Crippen LogP contribution in [0.1, 0.15) is 51.2 Å². The van der Waals surface area contributed by atoms with E-state index in [9.17, 15) is 19.2 Å². The largest absolute Gasteiger partial charge is 0.444 e. The Morgan fingerprint density at radius 3 is 2.56 bits per heavy atom.